The number of hydrazone groups is 1. The van der Waals surface area contributed by atoms with E-state index in [9.17, 15) is 10.1 Å². The molecule has 0 aromatic heterocycles. The number of amidine groups is 1. The number of rotatable bonds is 14. The summed E-state index contributed by atoms with van der Waals surface area (Å²) in [5.41, 5.74) is 4.51. The van der Waals surface area contributed by atoms with Crippen LogP contribution < -0.4 is 5.43 Å². The minimum atomic E-state index is -0.429. The third-order valence-electron chi connectivity index (χ3n) is 4.93. The Morgan fingerprint density at radius 2 is 1.48 bits per heavy atom. The van der Waals surface area contributed by atoms with Crippen LogP contribution in [0.5, 0.6) is 0 Å². The van der Waals surface area contributed by atoms with E-state index in [1.807, 2.05) is 30.3 Å². The van der Waals surface area contributed by atoms with Crippen molar-refractivity contribution < 1.29 is 4.92 Å². The number of nitrogens with one attached hydrogen (secondary N) is 1. The lowest BCUT2D eigenvalue weighted by atomic mass is 10.1. The van der Waals surface area contributed by atoms with Crippen molar-refractivity contribution in [2.45, 2.75) is 71.1 Å². The SMILES string of the molecule is CCCCCCCCCCCC(/N=N/c1ccc([N+](=O)[O-])cc1)=N\Nc1ccccc1. The van der Waals surface area contributed by atoms with Gasteiger partial charge >= 0.3 is 0 Å². The van der Waals surface area contributed by atoms with Gasteiger partial charge in [-0.15, -0.1) is 10.2 Å². The predicted octanol–water partition coefficient (Wildman–Crippen LogP) is 8.03. The van der Waals surface area contributed by atoms with E-state index < -0.39 is 4.92 Å². The molecule has 0 saturated carbocycles. The molecule has 0 unspecified atom stereocenters. The molecule has 0 saturated heterocycles. The van der Waals surface area contributed by atoms with Gasteiger partial charge in [0.1, 0.15) is 0 Å². The van der Waals surface area contributed by atoms with E-state index in [1.54, 1.807) is 12.1 Å². The van der Waals surface area contributed by atoms with E-state index in [-0.39, 0.29) is 5.69 Å². The van der Waals surface area contributed by atoms with Crippen LogP contribution in [0.4, 0.5) is 17.1 Å². The Balaban J connectivity index is 1.86. The average molecular weight is 424 g/mol. The largest absolute Gasteiger partial charge is 0.277 e. The monoisotopic (exact) mass is 423 g/mol. The molecule has 0 fully saturated rings. The van der Waals surface area contributed by atoms with Crippen molar-refractivity contribution in [2.75, 3.05) is 5.43 Å². The highest BCUT2D eigenvalue weighted by Crippen LogP contribution is 2.19. The quantitative estimate of drug-likeness (QED) is 0.0832. The van der Waals surface area contributed by atoms with Gasteiger partial charge in [-0.1, -0.05) is 76.5 Å². The molecule has 1 N–H and O–H groups in total. The van der Waals surface area contributed by atoms with Crippen LogP contribution in [0.1, 0.15) is 71.1 Å². The number of unbranched alkanes of at least 4 members (excludes halogenated alkanes) is 8. The fourth-order valence-electron chi connectivity index (χ4n) is 3.12. The van der Waals surface area contributed by atoms with E-state index in [1.165, 1.54) is 57.1 Å². The minimum absolute atomic E-state index is 0.0354. The number of nitrogens with zero attached hydrogens (tertiary/aromatic N) is 4. The van der Waals surface area contributed by atoms with Crippen molar-refractivity contribution in [2.24, 2.45) is 15.3 Å². The van der Waals surface area contributed by atoms with Gasteiger partial charge in [0.05, 0.1) is 16.3 Å². The Morgan fingerprint density at radius 3 is 2.10 bits per heavy atom. The molecular weight excluding hydrogens is 390 g/mol. The third-order valence-corrected chi connectivity index (χ3v) is 4.93. The number of nitro groups is 1. The first kappa shape index (κ1) is 24.2. The number of non-ortho nitro benzene ring substituents is 1. The van der Waals surface area contributed by atoms with Crippen LogP contribution in [0.15, 0.2) is 69.9 Å². The molecule has 166 valence electrons. The molecule has 7 nitrogen and oxygen atoms in total. The Hall–Kier alpha value is -3.09. The molecule has 7 heteroatoms. The average Bonchev–Trinajstić information content (AvgIpc) is 2.80. The summed E-state index contributed by atoms with van der Waals surface area (Å²) in [5.74, 6) is 0.616. The van der Waals surface area contributed by atoms with E-state index in [0.717, 1.165) is 24.9 Å². The van der Waals surface area contributed by atoms with Gasteiger partial charge in [0.25, 0.3) is 5.69 Å². The summed E-state index contributed by atoms with van der Waals surface area (Å²) < 4.78 is 0. The van der Waals surface area contributed by atoms with Crippen molar-refractivity contribution in [3.8, 4) is 0 Å². The zero-order valence-corrected chi connectivity index (χ0v) is 18.4. The van der Waals surface area contributed by atoms with Crippen molar-refractivity contribution in [3.05, 3.63) is 64.7 Å². The summed E-state index contributed by atoms with van der Waals surface area (Å²) in [6.07, 6.45) is 12.0. The Kier molecular flexibility index (Phi) is 11.6. The Morgan fingerprint density at radius 1 is 0.871 bits per heavy atom. The smallest absolute Gasteiger partial charge is 0.269 e. The molecule has 2 aromatic carbocycles. The second-order valence-electron chi connectivity index (χ2n) is 7.56. The number of benzene rings is 2. The van der Waals surface area contributed by atoms with Crippen molar-refractivity contribution in [3.63, 3.8) is 0 Å². The summed E-state index contributed by atoms with van der Waals surface area (Å²) >= 11 is 0. The zero-order valence-electron chi connectivity index (χ0n) is 18.4. The van der Waals surface area contributed by atoms with Gasteiger partial charge in [-0.2, -0.15) is 5.10 Å². The Labute approximate surface area is 184 Å². The van der Waals surface area contributed by atoms with Gasteiger partial charge in [-0.05, 0) is 30.7 Å². The van der Waals surface area contributed by atoms with E-state index in [2.05, 4.69) is 27.7 Å². The zero-order chi connectivity index (χ0) is 22.2. The first-order valence-corrected chi connectivity index (χ1v) is 11.2. The fraction of sp³-hybridized carbons (Fsp3) is 0.458. The van der Waals surface area contributed by atoms with Crippen LogP contribution in [0, 0.1) is 10.1 Å². The summed E-state index contributed by atoms with van der Waals surface area (Å²) in [5, 5.41) is 23.7. The van der Waals surface area contributed by atoms with Crippen LogP contribution >= 0.6 is 0 Å². The molecule has 0 spiro atoms. The lowest BCUT2D eigenvalue weighted by molar-refractivity contribution is -0.384. The maximum atomic E-state index is 10.8. The van der Waals surface area contributed by atoms with E-state index in [0.29, 0.717) is 11.5 Å². The van der Waals surface area contributed by atoms with Crippen molar-refractivity contribution in [1.82, 2.24) is 0 Å². The maximum absolute atomic E-state index is 10.8. The second kappa shape index (κ2) is 14.8. The van der Waals surface area contributed by atoms with Crippen LogP contribution in [0.2, 0.25) is 0 Å². The van der Waals surface area contributed by atoms with Crippen molar-refractivity contribution >= 4 is 22.9 Å². The molecule has 0 amide bonds. The van der Waals surface area contributed by atoms with Crippen molar-refractivity contribution in [1.29, 1.82) is 0 Å². The number of nitro benzene ring substituents is 1. The van der Waals surface area contributed by atoms with Gasteiger partial charge in [0.2, 0.25) is 0 Å². The Bertz CT molecular complexity index is 820. The summed E-state index contributed by atoms with van der Waals surface area (Å²) in [6, 6.07) is 15.7. The first-order chi connectivity index (χ1) is 15.2. The lowest BCUT2D eigenvalue weighted by Gasteiger charge is -2.04. The molecule has 2 rings (SSSR count). The van der Waals surface area contributed by atoms with Crippen LogP contribution in [0.25, 0.3) is 0 Å². The highest BCUT2D eigenvalue weighted by atomic mass is 16.6. The maximum Gasteiger partial charge on any atom is 0.269 e. The molecule has 0 atom stereocenters. The van der Waals surface area contributed by atoms with E-state index >= 15 is 0 Å². The molecule has 0 aliphatic heterocycles. The lowest BCUT2D eigenvalue weighted by Crippen LogP contribution is -1.99. The van der Waals surface area contributed by atoms with Crippen LogP contribution in [-0.2, 0) is 0 Å². The van der Waals surface area contributed by atoms with Gasteiger partial charge in [0, 0.05) is 18.6 Å². The summed E-state index contributed by atoms with van der Waals surface area (Å²) in [6.45, 7) is 2.24. The van der Waals surface area contributed by atoms with Gasteiger partial charge < -0.3 is 0 Å². The van der Waals surface area contributed by atoms with Crippen LogP contribution in [-0.4, -0.2) is 10.8 Å². The number of anilines is 1. The molecule has 31 heavy (non-hydrogen) atoms. The third kappa shape index (κ3) is 10.5. The first-order valence-electron chi connectivity index (χ1n) is 11.2. The van der Waals surface area contributed by atoms with Gasteiger partial charge in [0.15, 0.2) is 5.84 Å². The molecule has 0 aliphatic carbocycles. The highest BCUT2D eigenvalue weighted by molar-refractivity contribution is 5.83. The number of hydrogen-bond acceptors (Lipinski definition) is 5. The fourth-order valence-corrected chi connectivity index (χ4v) is 3.12. The van der Waals surface area contributed by atoms with Gasteiger partial charge in [-0.25, -0.2) is 0 Å². The number of para-hydroxylation sites is 1. The predicted molar refractivity (Wildman–Crippen MR) is 127 cm³/mol. The normalized spacial score (nSPS) is 11.7. The molecular formula is C24H33N5O2. The van der Waals surface area contributed by atoms with E-state index in [4.69, 9.17) is 0 Å². The van der Waals surface area contributed by atoms with Crippen LogP contribution in [0.3, 0.4) is 0 Å². The number of azo groups is 1. The highest BCUT2D eigenvalue weighted by Gasteiger charge is 2.04. The molecule has 2 aromatic rings. The standard InChI is InChI=1S/C24H33N5O2/c1-2-3-4-5-6-7-8-9-13-16-24(27-25-21-14-11-10-12-15-21)28-26-22-17-19-23(20-18-22)29(30)31/h10-12,14-15,17-20,25H,2-9,13,16H2,1H3/b27-24+,28-26+. The molecule has 0 bridgehead atoms. The second-order valence-corrected chi connectivity index (χ2v) is 7.56. The molecule has 0 heterocycles. The molecule has 0 aliphatic rings. The molecule has 0 radical (unpaired) electrons. The summed E-state index contributed by atoms with van der Waals surface area (Å²) in [7, 11) is 0. The van der Waals surface area contributed by atoms with Gasteiger partial charge in [-0.3, -0.25) is 15.5 Å². The minimum Gasteiger partial charge on any atom is -0.277 e. The summed E-state index contributed by atoms with van der Waals surface area (Å²) in [4.78, 5) is 10.4. The topological polar surface area (TPSA) is 92.2 Å². The number of hydrogen-bond donors (Lipinski definition) is 1.